The van der Waals surface area contributed by atoms with E-state index in [1.165, 1.54) is 6.07 Å². The Morgan fingerprint density at radius 2 is 1.92 bits per heavy atom. The monoisotopic (exact) mass is 362 g/mol. The van der Waals surface area contributed by atoms with Crippen LogP contribution in [0.1, 0.15) is 43.2 Å². The molecule has 8 nitrogen and oxygen atoms in total. The normalized spacial score (nSPS) is 11.3. The zero-order valence-corrected chi connectivity index (χ0v) is 14.9. The Labute approximate surface area is 149 Å². The highest BCUT2D eigenvalue weighted by molar-refractivity contribution is 5.91. The number of aryl methyl sites for hydroxylation is 1. The number of aromatic nitrogens is 1. The molecular weight excluding hydrogens is 340 g/mol. The number of ether oxygens (including phenoxy) is 1. The molecule has 0 aliphatic carbocycles. The third-order valence-electron chi connectivity index (χ3n) is 3.52. The van der Waals surface area contributed by atoms with E-state index in [1.807, 2.05) is 0 Å². The molecule has 0 fully saturated rings. The molecule has 2 rings (SSSR count). The van der Waals surface area contributed by atoms with E-state index in [2.05, 4.69) is 10.3 Å². The van der Waals surface area contributed by atoms with Crippen LogP contribution < -0.4 is 10.7 Å². The third kappa shape index (κ3) is 4.98. The summed E-state index contributed by atoms with van der Waals surface area (Å²) in [6, 6.07) is 4.06. The van der Waals surface area contributed by atoms with Gasteiger partial charge in [0.2, 0.25) is 0 Å². The zero-order chi connectivity index (χ0) is 19.5. The Morgan fingerprint density at radius 3 is 2.54 bits per heavy atom. The summed E-state index contributed by atoms with van der Waals surface area (Å²) in [7, 11) is 0. The quantitative estimate of drug-likeness (QED) is 0.605. The topological polar surface area (TPSA) is 129 Å². The first-order valence-corrected chi connectivity index (χ1v) is 8.16. The summed E-state index contributed by atoms with van der Waals surface area (Å²) < 4.78 is 5.13. The summed E-state index contributed by atoms with van der Waals surface area (Å²) in [6.45, 7) is 5.70. The number of fused-ring (bicyclic) bond motifs is 1. The second-order valence-electron chi connectivity index (χ2n) is 6.92. The second-order valence-corrected chi connectivity index (χ2v) is 6.92. The van der Waals surface area contributed by atoms with Crippen LogP contribution in [0.4, 0.5) is 4.79 Å². The minimum absolute atomic E-state index is 0.0885. The standard InChI is InChI=1S/C18H22N2O6/c1-18(2,3)26-17(25)19-6-4-5-10-7-11-13(21)9-12(16(23)24)20-15(11)14(22)8-10/h7-9,22H,4-6H2,1-3H3,(H,19,25)(H,20,21)(H,23,24). The molecule has 1 amide bonds. The maximum absolute atomic E-state index is 12.1. The molecule has 0 aliphatic rings. The zero-order valence-electron chi connectivity index (χ0n) is 14.9. The van der Waals surface area contributed by atoms with Gasteiger partial charge < -0.3 is 25.3 Å². The minimum Gasteiger partial charge on any atom is -0.506 e. The molecule has 1 aromatic carbocycles. The van der Waals surface area contributed by atoms with Gasteiger partial charge >= 0.3 is 12.1 Å². The number of hydrogen-bond donors (Lipinski definition) is 4. The Morgan fingerprint density at radius 1 is 1.23 bits per heavy atom. The van der Waals surface area contributed by atoms with Crippen molar-refractivity contribution in [3.05, 3.63) is 39.7 Å². The molecule has 0 saturated heterocycles. The molecule has 140 valence electrons. The fraction of sp³-hybridized carbons (Fsp3) is 0.389. The van der Waals surface area contributed by atoms with Crippen LogP contribution in [0.15, 0.2) is 23.0 Å². The van der Waals surface area contributed by atoms with E-state index in [4.69, 9.17) is 9.84 Å². The number of carboxylic acids is 1. The molecule has 0 saturated carbocycles. The van der Waals surface area contributed by atoms with Crippen molar-refractivity contribution >= 4 is 23.0 Å². The van der Waals surface area contributed by atoms with Crippen LogP contribution in [0.5, 0.6) is 5.75 Å². The van der Waals surface area contributed by atoms with Crippen molar-refractivity contribution in [3.63, 3.8) is 0 Å². The van der Waals surface area contributed by atoms with Crippen molar-refractivity contribution in [2.45, 2.75) is 39.2 Å². The van der Waals surface area contributed by atoms with Crippen LogP contribution >= 0.6 is 0 Å². The number of phenols is 1. The van der Waals surface area contributed by atoms with E-state index >= 15 is 0 Å². The number of benzene rings is 1. The van der Waals surface area contributed by atoms with Gasteiger partial charge in [-0.05, 0) is 51.3 Å². The van der Waals surface area contributed by atoms with E-state index in [9.17, 15) is 19.5 Å². The third-order valence-corrected chi connectivity index (χ3v) is 3.52. The first-order chi connectivity index (χ1) is 12.1. The number of aromatic carboxylic acids is 1. The lowest BCUT2D eigenvalue weighted by Crippen LogP contribution is -2.33. The van der Waals surface area contributed by atoms with Crippen molar-refractivity contribution in [2.75, 3.05) is 6.54 Å². The molecule has 0 radical (unpaired) electrons. The summed E-state index contributed by atoms with van der Waals surface area (Å²) in [4.78, 5) is 37.2. The number of hydrogen-bond acceptors (Lipinski definition) is 5. The number of H-pyrrole nitrogens is 1. The van der Waals surface area contributed by atoms with Crippen molar-refractivity contribution in [1.82, 2.24) is 10.3 Å². The van der Waals surface area contributed by atoms with Gasteiger partial charge in [0.1, 0.15) is 17.0 Å². The van der Waals surface area contributed by atoms with Gasteiger partial charge in [-0.25, -0.2) is 9.59 Å². The number of carbonyl (C=O) groups excluding carboxylic acids is 1. The van der Waals surface area contributed by atoms with Gasteiger partial charge in [0.25, 0.3) is 0 Å². The highest BCUT2D eigenvalue weighted by Crippen LogP contribution is 2.23. The molecule has 0 unspecified atom stereocenters. The maximum atomic E-state index is 12.1. The number of alkyl carbamates (subject to hydrolysis) is 1. The van der Waals surface area contributed by atoms with Crippen molar-refractivity contribution in [3.8, 4) is 5.75 Å². The largest absolute Gasteiger partial charge is 0.506 e. The van der Waals surface area contributed by atoms with Crippen LogP contribution in [-0.4, -0.2) is 39.4 Å². The molecule has 26 heavy (non-hydrogen) atoms. The van der Waals surface area contributed by atoms with Gasteiger partial charge in [0.05, 0.1) is 5.52 Å². The number of carboxylic acid groups (broad SMARTS) is 1. The van der Waals surface area contributed by atoms with Crippen molar-refractivity contribution in [2.24, 2.45) is 0 Å². The number of aromatic hydroxyl groups is 1. The summed E-state index contributed by atoms with van der Waals surface area (Å²) in [6.07, 6.45) is 0.589. The number of pyridine rings is 1. The Hall–Kier alpha value is -3.03. The van der Waals surface area contributed by atoms with E-state index in [0.29, 0.717) is 24.9 Å². The van der Waals surface area contributed by atoms with Crippen LogP contribution in [0.3, 0.4) is 0 Å². The number of carbonyl (C=O) groups is 2. The minimum atomic E-state index is -1.28. The first-order valence-electron chi connectivity index (χ1n) is 8.16. The van der Waals surface area contributed by atoms with Crippen LogP contribution in [0.2, 0.25) is 0 Å². The summed E-state index contributed by atoms with van der Waals surface area (Å²) in [5.41, 5.74) is -0.545. The Kier molecular flexibility index (Phi) is 5.54. The van der Waals surface area contributed by atoms with Gasteiger partial charge in [0, 0.05) is 18.0 Å². The lowest BCUT2D eigenvalue weighted by molar-refractivity contribution is 0.0526. The van der Waals surface area contributed by atoms with Crippen LogP contribution in [0.25, 0.3) is 10.9 Å². The molecule has 0 spiro atoms. The van der Waals surface area contributed by atoms with E-state index in [-0.39, 0.29) is 22.3 Å². The van der Waals surface area contributed by atoms with E-state index in [0.717, 1.165) is 6.07 Å². The Balaban J connectivity index is 2.06. The second kappa shape index (κ2) is 7.47. The highest BCUT2D eigenvalue weighted by atomic mass is 16.6. The number of nitrogens with one attached hydrogen (secondary N) is 2. The molecule has 1 heterocycles. The lowest BCUT2D eigenvalue weighted by Gasteiger charge is -2.19. The molecular formula is C18H22N2O6. The molecule has 8 heteroatoms. The van der Waals surface area contributed by atoms with Crippen LogP contribution in [-0.2, 0) is 11.2 Å². The average Bonchev–Trinajstić information content (AvgIpc) is 2.50. The molecule has 0 aliphatic heterocycles. The lowest BCUT2D eigenvalue weighted by atomic mass is 10.0. The van der Waals surface area contributed by atoms with Gasteiger partial charge in [0.15, 0.2) is 5.43 Å². The summed E-state index contributed by atoms with van der Waals surface area (Å²) >= 11 is 0. The molecule has 0 bridgehead atoms. The van der Waals surface area contributed by atoms with E-state index < -0.39 is 23.1 Å². The maximum Gasteiger partial charge on any atom is 0.407 e. The Bertz CT molecular complexity index is 895. The van der Waals surface area contributed by atoms with Gasteiger partial charge in [-0.2, -0.15) is 0 Å². The van der Waals surface area contributed by atoms with Gasteiger partial charge in [-0.3, -0.25) is 4.79 Å². The first kappa shape index (κ1) is 19.3. The predicted octanol–water partition coefficient (Wildman–Crippen LogP) is 2.39. The molecule has 1 aromatic heterocycles. The van der Waals surface area contributed by atoms with Crippen molar-refractivity contribution < 1.29 is 24.5 Å². The number of rotatable bonds is 5. The molecule has 2 aromatic rings. The number of aromatic amines is 1. The molecule has 0 atom stereocenters. The smallest absolute Gasteiger partial charge is 0.407 e. The van der Waals surface area contributed by atoms with Crippen LogP contribution in [0, 0.1) is 0 Å². The summed E-state index contributed by atoms with van der Waals surface area (Å²) in [5, 5.41) is 21.9. The van der Waals surface area contributed by atoms with Gasteiger partial charge in [-0.1, -0.05) is 0 Å². The summed E-state index contributed by atoms with van der Waals surface area (Å²) in [5.74, 6) is -1.47. The fourth-order valence-electron chi connectivity index (χ4n) is 2.45. The molecule has 4 N–H and O–H groups in total. The fourth-order valence-corrected chi connectivity index (χ4v) is 2.45. The highest BCUT2D eigenvalue weighted by Gasteiger charge is 2.15. The SMILES string of the molecule is CC(C)(C)OC(=O)NCCCc1cc(O)c2[nH]c(C(=O)O)cc(=O)c2c1. The predicted molar refractivity (Wildman–Crippen MR) is 95.8 cm³/mol. The number of phenolic OH excluding ortho intramolecular Hbond substituents is 1. The van der Waals surface area contributed by atoms with Gasteiger partial charge in [-0.15, -0.1) is 0 Å². The number of amides is 1. The van der Waals surface area contributed by atoms with Crippen molar-refractivity contribution in [1.29, 1.82) is 0 Å². The van der Waals surface area contributed by atoms with E-state index in [1.54, 1.807) is 26.8 Å². The average molecular weight is 362 g/mol.